The van der Waals surface area contributed by atoms with Crippen molar-refractivity contribution in [3.8, 4) is 11.1 Å². The van der Waals surface area contributed by atoms with Crippen molar-refractivity contribution >= 4 is 5.91 Å². The lowest BCUT2D eigenvalue weighted by Gasteiger charge is -2.32. The van der Waals surface area contributed by atoms with Crippen molar-refractivity contribution in [1.82, 2.24) is 14.7 Å². The number of likely N-dealkylation sites (tertiary alicyclic amines) is 1. The molecule has 1 amide bonds. The summed E-state index contributed by atoms with van der Waals surface area (Å²) >= 11 is 0. The van der Waals surface area contributed by atoms with Gasteiger partial charge in [-0.2, -0.15) is 5.10 Å². The molecule has 1 aliphatic rings. The Morgan fingerprint density at radius 3 is 2.27 bits per heavy atom. The van der Waals surface area contributed by atoms with Crippen molar-refractivity contribution in [3.05, 3.63) is 78.6 Å². The van der Waals surface area contributed by atoms with Crippen LogP contribution in [0.4, 0.5) is 0 Å². The van der Waals surface area contributed by atoms with Crippen LogP contribution in [0.5, 0.6) is 0 Å². The number of carbonyl (C=O) groups is 1. The molecule has 4 rings (SSSR count). The first-order valence-electron chi connectivity index (χ1n) is 9.22. The van der Waals surface area contributed by atoms with Gasteiger partial charge in [-0.25, -0.2) is 0 Å². The Kier molecular flexibility index (Phi) is 4.82. The molecule has 1 aliphatic heterocycles. The first-order valence-corrected chi connectivity index (χ1v) is 9.22. The molecule has 1 fully saturated rings. The number of aromatic nitrogens is 2. The number of rotatable bonds is 4. The average molecular weight is 345 g/mol. The van der Waals surface area contributed by atoms with E-state index in [2.05, 4.69) is 17.2 Å². The summed E-state index contributed by atoms with van der Waals surface area (Å²) in [6.45, 7) is 2.59. The Hall–Kier alpha value is -2.88. The minimum absolute atomic E-state index is 0.141. The van der Waals surface area contributed by atoms with Gasteiger partial charge >= 0.3 is 0 Å². The number of benzene rings is 2. The summed E-state index contributed by atoms with van der Waals surface area (Å²) in [7, 11) is 0. The van der Waals surface area contributed by atoms with E-state index in [-0.39, 0.29) is 5.91 Å². The molecule has 0 aliphatic carbocycles. The molecule has 2 aromatic carbocycles. The van der Waals surface area contributed by atoms with Gasteiger partial charge in [-0.15, -0.1) is 0 Å². The molecule has 4 heteroatoms. The van der Waals surface area contributed by atoms with Crippen LogP contribution in [0.1, 0.15) is 23.2 Å². The number of hydrogen-bond donors (Lipinski definition) is 0. The van der Waals surface area contributed by atoms with E-state index in [1.807, 2.05) is 70.5 Å². The molecule has 0 atom stereocenters. The van der Waals surface area contributed by atoms with E-state index < -0.39 is 0 Å². The van der Waals surface area contributed by atoms with Crippen LogP contribution in [0.25, 0.3) is 11.1 Å². The highest BCUT2D eigenvalue weighted by Gasteiger charge is 2.24. The van der Waals surface area contributed by atoms with Crippen LogP contribution in [0.2, 0.25) is 0 Å². The molecule has 1 saturated heterocycles. The molecular weight excluding hydrogens is 322 g/mol. The molecule has 0 N–H and O–H groups in total. The van der Waals surface area contributed by atoms with Gasteiger partial charge in [0.05, 0.1) is 0 Å². The second-order valence-electron chi connectivity index (χ2n) is 6.91. The van der Waals surface area contributed by atoms with Crippen LogP contribution >= 0.6 is 0 Å². The SMILES string of the molecule is O=C(c1ccc(-c2ccccc2)cc1)N1CCC(Cn2cccn2)CC1. The van der Waals surface area contributed by atoms with Crippen molar-refractivity contribution in [3.63, 3.8) is 0 Å². The summed E-state index contributed by atoms with van der Waals surface area (Å²) < 4.78 is 1.99. The standard InChI is InChI=1S/C22H23N3O/c26-22(21-9-7-20(8-10-21)19-5-2-1-3-6-19)24-15-11-18(12-16-24)17-25-14-4-13-23-25/h1-10,13-14,18H,11-12,15-17H2. The Labute approximate surface area is 154 Å². The zero-order chi connectivity index (χ0) is 17.8. The Bertz CT molecular complexity index is 833. The first kappa shape index (κ1) is 16.6. The maximum absolute atomic E-state index is 12.8. The predicted octanol–water partition coefficient (Wildman–Crippen LogP) is 4.10. The average Bonchev–Trinajstić information content (AvgIpc) is 3.22. The molecule has 26 heavy (non-hydrogen) atoms. The van der Waals surface area contributed by atoms with Gasteiger partial charge in [0.25, 0.3) is 5.91 Å². The zero-order valence-electron chi connectivity index (χ0n) is 14.8. The van der Waals surface area contributed by atoms with Crippen LogP contribution < -0.4 is 0 Å². The van der Waals surface area contributed by atoms with E-state index in [9.17, 15) is 4.79 Å². The topological polar surface area (TPSA) is 38.1 Å². The number of piperidine rings is 1. The molecule has 0 spiro atoms. The quantitative estimate of drug-likeness (QED) is 0.714. The van der Waals surface area contributed by atoms with Gasteiger partial charge in [-0.3, -0.25) is 9.48 Å². The fraction of sp³-hybridized carbons (Fsp3) is 0.273. The Morgan fingerprint density at radius 1 is 0.923 bits per heavy atom. The van der Waals surface area contributed by atoms with Crippen LogP contribution in [-0.2, 0) is 6.54 Å². The third-order valence-electron chi connectivity index (χ3n) is 5.15. The van der Waals surface area contributed by atoms with Gasteiger partial charge in [-0.1, -0.05) is 42.5 Å². The minimum atomic E-state index is 0.141. The summed E-state index contributed by atoms with van der Waals surface area (Å²) in [5.41, 5.74) is 3.08. The van der Waals surface area contributed by atoms with Crippen LogP contribution in [-0.4, -0.2) is 33.7 Å². The summed E-state index contributed by atoms with van der Waals surface area (Å²) in [6, 6.07) is 20.2. The Balaban J connectivity index is 1.36. The summed E-state index contributed by atoms with van der Waals surface area (Å²) in [4.78, 5) is 14.8. The van der Waals surface area contributed by atoms with Crippen molar-refractivity contribution in [2.24, 2.45) is 5.92 Å². The lowest BCUT2D eigenvalue weighted by Crippen LogP contribution is -2.39. The molecule has 3 aromatic rings. The number of hydrogen-bond acceptors (Lipinski definition) is 2. The molecule has 0 unspecified atom stereocenters. The molecular formula is C22H23N3O. The van der Waals surface area contributed by atoms with Crippen LogP contribution in [0.15, 0.2) is 73.1 Å². The van der Waals surface area contributed by atoms with Gasteiger partial charge in [-0.05, 0) is 48.1 Å². The van der Waals surface area contributed by atoms with E-state index in [0.717, 1.165) is 43.6 Å². The highest BCUT2D eigenvalue weighted by molar-refractivity contribution is 5.94. The summed E-state index contributed by atoms with van der Waals surface area (Å²) in [5, 5.41) is 4.28. The van der Waals surface area contributed by atoms with Gasteiger partial charge in [0.15, 0.2) is 0 Å². The van der Waals surface area contributed by atoms with Crippen molar-refractivity contribution in [2.45, 2.75) is 19.4 Å². The maximum Gasteiger partial charge on any atom is 0.253 e. The van der Waals surface area contributed by atoms with E-state index in [0.29, 0.717) is 5.92 Å². The van der Waals surface area contributed by atoms with Crippen molar-refractivity contribution < 1.29 is 4.79 Å². The molecule has 2 heterocycles. The fourth-order valence-corrected chi connectivity index (χ4v) is 3.61. The second-order valence-corrected chi connectivity index (χ2v) is 6.91. The molecule has 0 radical (unpaired) electrons. The largest absolute Gasteiger partial charge is 0.339 e. The molecule has 0 saturated carbocycles. The first-order chi connectivity index (χ1) is 12.8. The summed E-state index contributed by atoms with van der Waals surface area (Å²) in [6.07, 6.45) is 5.89. The number of carbonyl (C=O) groups excluding carboxylic acids is 1. The normalized spacial score (nSPS) is 15.2. The highest BCUT2D eigenvalue weighted by atomic mass is 16.2. The lowest BCUT2D eigenvalue weighted by molar-refractivity contribution is 0.0681. The van der Waals surface area contributed by atoms with E-state index in [4.69, 9.17) is 0 Å². The molecule has 1 aromatic heterocycles. The van der Waals surface area contributed by atoms with Crippen molar-refractivity contribution in [1.29, 1.82) is 0 Å². The Morgan fingerprint density at radius 2 is 1.62 bits per heavy atom. The maximum atomic E-state index is 12.8. The van der Waals surface area contributed by atoms with Crippen molar-refractivity contribution in [2.75, 3.05) is 13.1 Å². The van der Waals surface area contributed by atoms with E-state index >= 15 is 0 Å². The third kappa shape index (κ3) is 3.69. The number of nitrogens with zero attached hydrogens (tertiary/aromatic N) is 3. The molecule has 0 bridgehead atoms. The van der Waals surface area contributed by atoms with Crippen LogP contribution in [0.3, 0.4) is 0 Å². The molecule has 4 nitrogen and oxygen atoms in total. The van der Waals surface area contributed by atoms with Crippen LogP contribution in [0, 0.1) is 5.92 Å². The molecule has 132 valence electrons. The monoisotopic (exact) mass is 345 g/mol. The van der Waals surface area contributed by atoms with Gasteiger partial charge in [0.1, 0.15) is 0 Å². The third-order valence-corrected chi connectivity index (χ3v) is 5.15. The fourth-order valence-electron chi connectivity index (χ4n) is 3.61. The smallest absolute Gasteiger partial charge is 0.253 e. The number of amides is 1. The van der Waals surface area contributed by atoms with Gasteiger partial charge < -0.3 is 4.90 Å². The van der Waals surface area contributed by atoms with Gasteiger partial charge in [0.2, 0.25) is 0 Å². The minimum Gasteiger partial charge on any atom is -0.339 e. The lowest BCUT2D eigenvalue weighted by atomic mass is 9.96. The highest BCUT2D eigenvalue weighted by Crippen LogP contribution is 2.23. The second kappa shape index (κ2) is 7.56. The zero-order valence-corrected chi connectivity index (χ0v) is 14.8. The van der Waals surface area contributed by atoms with E-state index in [1.54, 1.807) is 0 Å². The van der Waals surface area contributed by atoms with E-state index in [1.165, 1.54) is 5.56 Å². The predicted molar refractivity (Wildman–Crippen MR) is 103 cm³/mol. The van der Waals surface area contributed by atoms with Gasteiger partial charge in [0, 0.05) is 37.6 Å². The summed E-state index contributed by atoms with van der Waals surface area (Å²) in [5.74, 6) is 0.738.